The van der Waals surface area contributed by atoms with Gasteiger partial charge in [0.2, 0.25) is 0 Å². The fourth-order valence-electron chi connectivity index (χ4n) is 2.97. The molecule has 1 heterocycles. The van der Waals surface area contributed by atoms with Crippen LogP contribution in [0.4, 0.5) is 5.69 Å². The molecule has 0 unspecified atom stereocenters. The third kappa shape index (κ3) is 3.89. The molecule has 0 saturated carbocycles. The first-order chi connectivity index (χ1) is 11.7. The Morgan fingerprint density at radius 3 is 2.38 bits per heavy atom. The number of anilines is 1. The van der Waals surface area contributed by atoms with Crippen LogP contribution in [0.1, 0.15) is 10.4 Å². The second-order valence-electron chi connectivity index (χ2n) is 5.87. The second kappa shape index (κ2) is 7.69. The summed E-state index contributed by atoms with van der Waals surface area (Å²) in [5.41, 5.74) is 1.83. The highest BCUT2D eigenvalue weighted by Gasteiger charge is 2.21. The highest BCUT2D eigenvalue weighted by molar-refractivity contribution is 6.30. The summed E-state index contributed by atoms with van der Waals surface area (Å²) in [6, 6.07) is 15.1. The Bertz CT molecular complexity index is 695. The number of benzene rings is 2. The van der Waals surface area contributed by atoms with Gasteiger partial charge in [0.1, 0.15) is 5.75 Å². The van der Waals surface area contributed by atoms with E-state index in [-0.39, 0.29) is 5.78 Å². The highest BCUT2D eigenvalue weighted by atomic mass is 35.5. The van der Waals surface area contributed by atoms with E-state index in [4.69, 9.17) is 16.3 Å². The van der Waals surface area contributed by atoms with Gasteiger partial charge < -0.3 is 9.64 Å². The second-order valence-corrected chi connectivity index (χ2v) is 6.30. The number of carbonyl (C=O) groups excluding carboxylic acids is 1. The van der Waals surface area contributed by atoms with Crippen molar-refractivity contribution in [3.63, 3.8) is 0 Å². The van der Waals surface area contributed by atoms with Gasteiger partial charge in [0.15, 0.2) is 5.78 Å². The first-order valence-electron chi connectivity index (χ1n) is 8.06. The number of para-hydroxylation sites is 2. The van der Waals surface area contributed by atoms with Gasteiger partial charge in [0.05, 0.1) is 19.3 Å². The number of carbonyl (C=O) groups is 1. The van der Waals surface area contributed by atoms with Crippen LogP contribution < -0.4 is 9.64 Å². The molecular formula is C19H21ClN2O2. The molecule has 0 atom stereocenters. The molecule has 0 spiro atoms. The maximum atomic E-state index is 12.4. The average molecular weight is 345 g/mol. The molecule has 2 aromatic rings. The fourth-order valence-corrected chi connectivity index (χ4v) is 3.09. The smallest absolute Gasteiger partial charge is 0.176 e. The van der Waals surface area contributed by atoms with Gasteiger partial charge in [0, 0.05) is 36.8 Å². The van der Waals surface area contributed by atoms with Gasteiger partial charge in [-0.3, -0.25) is 9.69 Å². The number of Topliss-reactive ketones (excluding diaryl/α,β-unsaturated/α-hetero) is 1. The largest absolute Gasteiger partial charge is 0.495 e. The van der Waals surface area contributed by atoms with Gasteiger partial charge >= 0.3 is 0 Å². The molecule has 1 saturated heterocycles. The molecule has 0 aromatic heterocycles. The fraction of sp³-hybridized carbons (Fsp3) is 0.316. The Labute approximate surface area is 147 Å². The van der Waals surface area contributed by atoms with Crippen LogP contribution in [0.3, 0.4) is 0 Å². The minimum Gasteiger partial charge on any atom is -0.495 e. The van der Waals surface area contributed by atoms with E-state index >= 15 is 0 Å². The van der Waals surface area contributed by atoms with Crippen LogP contribution >= 0.6 is 11.6 Å². The van der Waals surface area contributed by atoms with Crippen molar-refractivity contribution in [1.29, 1.82) is 0 Å². The lowest BCUT2D eigenvalue weighted by atomic mass is 10.1. The van der Waals surface area contributed by atoms with Gasteiger partial charge in [0.25, 0.3) is 0 Å². The molecule has 5 heteroatoms. The predicted molar refractivity (Wildman–Crippen MR) is 97.4 cm³/mol. The summed E-state index contributed by atoms with van der Waals surface area (Å²) >= 11 is 5.87. The number of rotatable bonds is 5. The number of methoxy groups -OCH3 is 1. The van der Waals surface area contributed by atoms with Crippen LogP contribution in [0.15, 0.2) is 48.5 Å². The molecule has 0 N–H and O–H groups in total. The summed E-state index contributed by atoms with van der Waals surface area (Å²) in [4.78, 5) is 16.9. The molecule has 1 fully saturated rings. The average Bonchev–Trinajstić information content (AvgIpc) is 2.63. The van der Waals surface area contributed by atoms with Crippen molar-refractivity contribution in [1.82, 2.24) is 4.90 Å². The molecule has 0 bridgehead atoms. The SMILES string of the molecule is COc1ccccc1N1CCN(CC(=O)c2ccc(Cl)cc2)CC1. The monoisotopic (exact) mass is 344 g/mol. The summed E-state index contributed by atoms with van der Waals surface area (Å²) in [6.45, 7) is 3.93. The number of hydrogen-bond acceptors (Lipinski definition) is 4. The van der Waals surface area contributed by atoms with Crippen LogP contribution in [-0.4, -0.2) is 50.5 Å². The molecule has 4 nitrogen and oxygen atoms in total. The van der Waals surface area contributed by atoms with Crippen LogP contribution in [-0.2, 0) is 0 Å². The van der Waals surface area contributed by atoms with Crippen LogP contribution in [0, 0.1) is 0 Å². The van der Waals surface area contributed by atoms with Gasteiger partial charge in [-0.15, -0.1) is 0 Å². The van der Waals surface area contributed by atoms with E-state index in [2.05, 4.69) is 15.9 Å². The molecule has 0 amide bonds. The lowest BCUT2D eigenvalue weighted by Gasteiger charge is -2.36. The summed E-state index contributed by atoms with van der Waals surface area (Å²) in [7, 11) is 1.69. The Balaban J connectivity index is 1.57. The van der Waals surface area contributed by atoms with Crippen LogP contribution in [0.25, 0.3) is 0 Å². The van der Waals surface area contributed by atoms with Crippen molar-refractivity contribution in [3.05, 3.63) is 59.1 Å². The molecular weight excluding hydrogens is 324 g/mol. The summed E-state index contributed by atoms with van der Waals surface area (Å²) in [5.74, 6) is 1.03. The standard InChI is InChI=1S/C19H21ClN2O2/c1-24-19-5-3-2-4-17(19)22-12-10-21(11-13-22)14-18(23)15-6-8-16(20)9-7-15/h2-9H,10-14H2,1H3. The lowest BCUT2D eigenvalue weighted by molar-refractivity contribution is 0.0926. The molecule has 126 valence electrons. The minimum atomic E-state index is 0.136. The van der Waals surface area contributed by atoms with E-state index in [9.17, 15) is 4.79 Å². The number of ether oxygens (including phenoxy) is 1. The van der Waals surface area contributed by atoms with Crippen LogP contribution in [0.2, 0.25) is 5.02 Å². The quantitative estimate of drug-likeness (QED) is 0.779. The number of nitrogens with zero attached hydrogens (tertiary/aromatic N) is 2. The number of halogens is 1. The normalized spacial score (nSPS) is 15.3. The number of piperazine rings is 1. The zero-order valence-electron chi connectivity index (χ0n) is 13.7. The number of ketones is 1. The molecule has 1 aliphatic rings. The molecule has 0 aliphatic carbocycles. The number of hydrogen-bond donors (Lipinski definition) is 0. The van der Waals surface area contributed by atoms with Gasteiger partial charge in [-0.25, -0.2) is 0 Å². The topological polar surface area (TPSA) is 32.8 Å². The van der Waals surface area contributed by atoms with E-state index < -0.39 is 0 Å². The molecule has 24 heavy (non-hydrogen) atoms. The summed E-state index contributed by atoms with van der Waals surface area (Å²) in [5, 5.41) is 0.650. The third-order valence-electron chi connectivity index (χ3n) is 4.33. The van der Waals surface area contributed by atoms with E-state index in [1.807, 2.05) is 18.2 Å². The van der Waals surface area contributed by atoms with E-state index in [0.717, 1.165) is 37.6 Å². The Morgan fingerprint density at radius 2 is 1.71 bits per heavy atom. The maximum absolute atomic E-state index is 12.4. The minimum absolute atomic E-state index is 0.136. The Hall–Kier alpha value is -2.04. The van der Waals surface area contributed by atoms with Gasteiger partial charge in [-0.2, -0.15) is 0 Å². The van der Waals surface area contributed by atoms with Crippen molar-refractivity contribution < 1.29 is 9.53 Å². The third-order valence-corrected chi connectivity index (χ3v) is 4.58. The van der Waals surface area contributed by atoms with Crippen molar-refractivity contribution in [3.8, 4) is 5.75 Å². The molecule has 1 aliphatic heterocycles. The van der Waals surface area contributed by atoms with Crippen molar-refractivity contribution >= 4 is 23.1 Å². The predicted octanol–water partition coefficient (Wildman–Crippen LogP) is 3.35. The van der Waals surface area contributed by atoms with E-state index in [0.29, 0.717) is 17.1 Å². The van der Waals surface area contributed by atoms with Gasteiger partial charge in [-0.1, -0.05) is 23.7 Å². The zero-order valence-corrected chi connectivity index (χ0v) is 14.5. The van der Waals surface area contributed by atoms with Crippen molar-refractivity contribution in [2.24, 2.45) is 0 Å². The zero-order chi connectivity index (χ0) is 16.9. The van der Waals surface area contributed by atoms with E-state index in [1.165, 1.54) is 0 Å². The Morgan fingerprint density at radius 1 is 1.04 bits per heavy atom. The molecule has 2 aromatic carbocycles. The summed E-state index contributed by atoms with van der Waals surface area (Å²) in [6.07, 6.45) is 0. The summed E-state index contributed by atoms with van der Waals surface area (Å²) < 4.78 is 5.44. The van der Waals surface area contributed by atoms with Crippen molar-refractivity contribution in [2.75, 3.05) is 44.7 Å². The van der Waals surface area contributed by atoms with E-state index in [1.54, 1.807) is 31.4 Å². The van der Waals surface area contributed by atoms with Crippen LogP contribution in [0.5, 0.6) is 5.75 Å². The highest BCUT2D eigenvalue weighted by Crippen LogP contribution is 2.28. The van der Waals surface area contributed by atoms with Gasteiger partial charge in [-0.05, 0) is 36.4 Å². The molecule has 0 radical (unpaired) electrons. The van der Waals surface area contributed by atoms with Crippen molar-refractivity contribution in [2.45, 2.75) is 0 Å². The first kappa shape index (κ1) is 16.8. The molecule has 3 rings (SSSR count). The Kier molecular flexibility index (Phi) is 5.38. The first-order valence-corrected chi connectivity index (χ1v) is 8.44. The lowest BCUT2D eigenvalue weighted by Crippen LogP contribution is -2.48. The maximum Gasteiger partial charge on any atom is 0.176 e.